The molecule has 1 aromatic rings. The molecular weight excluding hydrogens is 335 g/mol. The first-order valence-electron chi connectivity index (χ1n) is 6.61. The van der Waals surface area contributed by atoms with Crippen molar-refractivity contribution in [1.82, 2.24) is 0 Å². The normalized spacial score (nSPS) is 22.8. The van der Waals surface area contributed by atoms with Gasteiger partial charge in [0.15, 0.2) is 6.29 Å². The van der Waals surface area contributed by atoms with Gasteiger partial charge in [-0.05, 0) is 31.4 Å². The molecule has 1 aliphatic carbocycles. The Labute approximate surface area is 134 Å². The Morgan fingerprint density at radius 2 is 2.00 bits per heavy atom. The van der Waals surface area contributed by atoms with E-state index in [4.69, 9.17) is 27.9 Å². The smallest absolute Gasteiger partial charge is 0.153 e. The standard InChI is InChI=1S/C14H16Cl2O4S/c1-21(18,19)12-4-2-3-11(7-12)20-14-9(8-17)5-10(15)6-13(14)16/h5-6,8,11-12H,2-4,7H2,1H3. The quantitative estimate of drug-likeness (QED) is 0.779. The van der Waals surface area contributed by atoms with Gasteiger partial charge in [0.05, 0.1) is 15.8 Å². The molecule has 0 aliphatic heterocycles. The van der Waals surface area contributed by atoms with Crippen molar-refractivity contribution in [3.63, 3.8) is 0 Å². The van der Waals surface area contributed by atoms with Crippen LogP contribution >= 0.6 is 23.2 Å². The van der Waals surface area contributed by atoms with Crippen LogP contribution in [0, 0.1) is 0 Å². The number of rotatable bonds is 4. The van der Waals surface area contributed by atoms with Gasteiger partial charge in [0, 0.05) is 17.7 Å². The first-order chi connectivity index (χ1) is 9.81. The molecule has 0 saturated heterocycles. The Morgan fingerprint density at radius 3 is 2.62 bits per heavy atom. The highest BCUT2D eigenvalue weighted by molar-refractivity contribution is 7.91. The second-order valence-electron chi connectivity index (χ2n) is 5.28. The Hall–Kier alpha value is -0.780. The molecule has 0 bridgehead atoms. The van der Waals surface area contributed by atoms with E-state index in [1.165, 1.54) is 18.4 Å². The summed E-state index contributed by atoms with van der Waals surface area (Å²) in [6, 6.07) is 2.98. The molecule has 1 aliphatic rings. The summed E-state index contributed by atoms with van der Waals surface area (Å²) in [6.45, 7) is 0. The molecule has 4 nitrogen and oxygen atoms in total. The Balaban J connectivity index is 2.20. The lowest BCUT2D eigenvalue weighted by atomic mass is 9.97. The minimum absolute atomic E-state index is 0.256. The number of benzene rings is 1. The Morgan fingerprint density at radius 1 is 1.29 bits per heavy atom. The maximum Gasteiger partial charge on any atom is 0.153 e. The second-order valence-corrected chi connectivity index (χ2v) is 8.45. The van der Waals surface area contributed by atoms with E-state index >= 15 is 0 Å². The second kappa shape index (κ2) is 6.55. The Kier molecular flexibility index (Phi) is 5.17. The van der Waals surface area contributed by atoms with Gasteiger partial charge in [-0.3, -0.25) is 4.79 Å². The number of hydrogen-bond acceptors (Lipinski definition) is 4. The maximum atomic E-state index is 11.7. The molecule has 2 rings (SSSR count). The van der Waals surface area contributed by atoms with Gasteiger partial charge in [0.25, 0.3) is 0 Å². The van der Waals surface area contributed by atoms with Crippen molar-refractivity contribution in [1.29, 1.82) is 0 Å². The summed E-state index contributed by atoms with van der Waals surface area (Å²) in [7, 11) is -3.09. The molecule has 116 valence electrons. The van der Waals surface area contributed by atoms with Crippen molar-refractivity contribution in [2.45, 2.75) is 37.0 Å². The third-order valence-electron chi connectivity index (χ3n) is 3.63. The zero-order chi connectivity index (χ0) is 15.6. The van der Waals surface area contributed by atoms with Crippen LogP contribution in [0.3, 0.4) is 0 Å². The molecule has 0 heterocycles. The molecule has 0 N–H and O–H groups in total. The van der Waals surface area contributed by atoms with Gasteiger partial charge in [-0.1, -0.05) is 23.2 Å². The van der Waals surface area contributed by atoms with Gasteiger partial charge in [0.2, 0.25) is 0 Å². The summed E-state index contributed by atoms with van der Waals surface area (Å²) >= 11 is 11.9. The van der Waals surface area contributed by atoms with Crippen molar-refractivity contribution >= 4 is 39.3 Å². The number of carbonyl (C=O) groups is 1. The van der Waals surface area contributed by atoms with Crippen LogP contribution in [0.2, 0.25) is 10.0 Å². The molecule has 0 radical (unpaired) electrons. The molecule has 2 unspecified atom stereocenters. The number of sulfone groups is 1. The van der Waals surface area contributed by atoms with Crippen LogP contribution in [0.1, 0.15) is 36.0 Å². The predicted octanol–water partition coefficient (Wildman–Crippen LogP) is 3.54. The number of halogens is 2. The summed E-state index contributed by atoms with van der Waals surface area (Å²) in [5.41, 5.74) is 0.272. The molecule has 0 amide bonds. The fourth-order valence-electron chi connectivity index (χ4n) is 2.56. The maximum absolute atomic E-state index is 11.7. The largest absolute Gasteiger partial charge is 0.488 e. The lowest BCUT2D eigenvalue weighted by Gasteiger charge is -2.29. The summed E-state index contributed by atoms with van der Waals surface area (Å²) in [4.78, 5) is 11.1. The van der Waals surface area contributed by atoms with Crippen LogP contribution in [0.5, 0.6) is 5.75 Å². The lowest BCUT2D eigenvalue weighted by Crippen LogP contribution is -2.33. The van der Waals surface area contributed by atoms with Crippen LogP contribution in [0.15, 0.2) is 12.1 Å². The Bertz CT molecular complexity index is 643. The first-order valence-corrected chi connectivity index (χ1v) is 9.32. The number of aldehydes is 1. The van der Waals surface area contributed by atoms with Gasteiger partial charge in [-0.25, -0.2) is 8.42 Å². The summed E-state index contributed by atoms with van der Waals surface area (Å²) in [6.07, 6.45) is 4.17. The van der Waals surface area contributed by atoms with E-state index in [9.17, 15) is 13.2 Å². The van der Waals surface area contributed by atoms with Crippen LogP contribution in [-0.2, 0) is 9.84 Å². The van der Waals surface area contributed by atoms with E-state index in [1.54, 1.807) is 0 Å². The van der Waals surface area contributed by atoms with Crippen molar-refractivity contribution in [2.75, 3.05) is 6.26 Å². The third kappa shape index (κ3) is 4.11. The number of carbonyl (C=O) groups excluding carboxylic acids is 1. The zero-order valence-electron chi connectivity index (χ0n) is 11.5. The molecule has 0 aromatic heterocycles. The monoisotopic (exact) mass is 350 g/mol. The molecule has 1 fully saturated rings. The van der Waals surface area contributed by atoms with Crippen LogP contribution in [0.4, 0.5) is 0 Å². The van der Waals surface area contributed by atoms with E-state index in [-0.39, 0.29) is 22.4 Å². The highest BCUT2D eigenvalue weighted by atomic mass is 35.5. The van der Waals surface area contributed by atoms with Crippen LogP contribution < -0.4 is 4.74 Å². The topological polar surface area (TPSA) is 60.4 Å². The van der Waals surface area contributed by atoms with Gasteiger partial charge in [-0.2, -0.15) is 0 Å². The van der Waals surface area contributed by atoms with E-state index in [0.29, 0.717) is 24.2 Å². The summed E-state index contributed by atoms with van der Waals surface area (Å²) in [5.74, 6) is 0.273. The van der Waals surface area contributed by atoms with Gasteiger partial charge >= 0.3 is 0 Å². The third-order valence-corrected chi connectivity index (χ3v) is 5.77. The lowest BCUT2D eigenvalue weighted by molar-refractivity contribution is 0.111. The van der Waals surface area contributed by atoms with E-state index < -0.39 is 15.1 Å². The van der Waals surface area contributed by atoms with E-state index in [1.807, 2.05) is 0 Å². The number of hydrogen-bond donors (Lipinski definition) is 0. The molecule has 1 aromatic carbocycles. The van der Waals surface area contributed by atoms with Crippen molar-refractivity contribution in [2.24, 2.45) is 0 Å². The molecule has 21 heavy (non-hydrogen) atoms. The zero-order valence-corrected chi connectivity index (χ0v) is 13.8. The molecule has 1 saturated carbocycles. The fraction of sp³-hybridized carbons (Fsp3) is 0.500. The van der Waals surface area contributed by atoms with Gasteiger partial charge < -0.3 is 4.74 Å². The summed E-state index contributed by atoms with van der Waals surface area (Å²) < 4.78 is 29.1. The first kappa shape index (κ1) is 16.6. The average Bonchev–Trinajstić information content (AvgIpc) is 2.41. The van der Waals surface area contributed by atoms with Crippen molar-refractivity contribution in [3.8, 4) is 5.75 Å². The minimum Gasteiger partial charge on any atom is -0.488 e. The van der Waals surface area contributed by atoms with Crippen LogP contribution in [-0.4, -0.2) is 32.3 Å². The fourth-order valence-corrected chi connectivity index (χ4v) is 4.27. The molecule has 2 atom stereocenters. The number of ether oxygens (including phenoxy) is 1. The highest BCUT2D eigenvalue weighted by Gasteiger charge is 2.30. The van der Waals surface area contributed by atoms with Gasteiger partial charge in [0.1, 0.15) is 21.7 Å². The predicted molar refractivity (Wildman–Crippen MR) is 83.4 cm³/mol. The SMILES string of the molecule is CS(=O)(=O)C1CCCC(Oc2c(Cl)cc(Cl)cc2C=O)C1. The minimum atomic E-state index is -3.09. The molecular formula is C14H16Cl2O4S. The highest BCUT2D eigenvalue weighted by Crippen LogP contribution is 2.35. The average molecular weight is 351 g/mol. The molecule has 0 spiro atoms. The van der Waals surface area contributed by atoms with E-state index in [0.717, 1.165) is 12.8 Å². The summed E-state index contributed by atoms with van der Waals surface area (Å²) in [5, 5.41) is 0.209. The van der Waals surface area contributed by atoms with Gasteiger partial charge in [-0.15, -0.1) is 0 Å². The van der Waals surface area contributed by atoms with Crippen molar-refractivity contribution < 1.29 is 17.9 Å². The van der Waals surface area contributed by atoms with E-state index in [2.05, 4.69) is 0 Å². The van der Waals surface area contributed by atoms with Crippen molar-refractivity contribution in [3.05, 3.63) is 27.7 Å². The molecule has 7 heteroatoms. The van der Waals surface area contributed by atoms with Crippen LogP contribution in [0.25, 0.3) is 0 Å².